The highest BCUT2D eigenvalue weighted by Crippen LogP contribution is 2.29. The van der Waals surface area contributed by atoms with Crippen molar-refractivity contribution in [1.29, 1.82) is 0 Å². The molecule has 0 radical (unpaired) electrons. The molecule has 0 bridgehead atoms. The summed E-state index contributed by atoms with van der Waals surface area (Å²) in [7, 11) is 3.21. The van der Waals surface area contributed by atoms with Gasteiger partial charge in [-0.2, -0.15) is 0 Å². The maximum absolute atomic E-state index is 12.2. The minimum atomic E-state index is -0.0470. The van der Waals surface area contributed by atoms with Crippen LogP contribution < -0.4 is 9.47 Å². The molecule has 0 heterocycles. The van der Waals surface area contributed by atoms with Gasteiger partial charge >= 0.3 is 0 Å². The lowest BCUT2D eigenvalue weighted by atomic mass is 10.0. The predicted octanol–water partition coefficient (Wildman–Crippen LogP) is 3.85. The van der Waals surface area contributed by atoms with Crippen LogP contribution in [0.3, 0.4) is 0 Å². The molecule has 1 aromatic rings. The molecule has 1 aliphatic rings. The van der Waals surface area contributed by atoms with Gasteiger partial charge < -0.3 is 9.47 Å². The highest BCUT2D eigenvalue weighted by Gasteiger charge is 2.09. The summed E-state index contributed by atoms with van der Waals surface area (Å²) in [4.78, 5) is 13.0. The van der Waals surface area contributed by atoms with E-state index in [1.165, 1.54) is 0 Å². The zero-order valence-corrected chi connectivity index (χ0v) is 13.7. The van der Waals surface area contributed by atoms with Crippen LogP contribution in [-0.2, 0) is 4.79 Å². The Morgan fingerprint density at radius 2 is 1.91 bits per heavy atom. The summed E-state index contributed by atoms with van der Waals surface area (Å²) in [5.74, 6) is 1.38. The quantitative estimate of drug-likeness (QED) is 0.611. The summed E-state index contributed by atoms with van der Waals surface area (Å²) < 4.78 is 10.6. The van der Waals surface area contributed by atoms with Crippen LogP contribution in [0, 0.1) is 6.92 Å². The fourth-order valence-corrected chi connectivity index (χ4v) is 2.34. The first kappa shape index (κ1) is 16.2. The van der Waals surface area contributed by atoms with E-state index >= 15 is 0 Å². The van der Waals surface area contributed by atoms with Crippen LogP contribution in [0.1, 0.15) is 17.5 Å². The Kier molecular flexibility index (Phi) is 5.28. The molecule has 0 N–H and O–H groups in total. The Bertz CT molecular complexity index is 697. The van der Waals surface area contributed by atoms with Gasteiger partial charge in [-0.05, 0) is 36.8 Å². The Morgan fingerprint density at radius 1 is 1.18 bits per heavy atom. The fraction of sp³-hybridized carbons (Fsp3) is 0.222. The molecule has 1 aliphatic carbocycles. The Morgan fingerprint density at radius 3 is 2.50 bits per heavy atom. The summed E-state index contributed by atoms with van der Waals surface area (Å²) in [6, 6.07) is 3.75. The van der Waals surface area contributed by atoms with Crippen molar-refractivity contribution in [2.75, 3.05) is 14.2 Å². The van der Waals surface area contributed by atoms with E-state index in [0.29, 0.717) is 17.7 Å². The number of aryl methyl sites for hydroxylation is 1. The molecular weight excluding hydrogens is 296 g/mol. The van der Waals surface area contributed by atoms with E-state index in [9.17, 15) is 4.79 Å². The number of thiocarbonyl (C=S) groups is 1. The summed E-state index contributed by atoms with van der Waals surface area (Å²) >= 11 is 5.07. The number of carbonyl (C=O) groups is 1. The topological polar surface area (TPSA) is 35.5 Å². The molecule has 0 spiro atoms. The number of rotatable bonds is 5. The smallest absolute Gasteiger partial charge is 0.185 e. The molecule has 1 aromatic carbocycles. The van der Waals surface area contributed by atoms with Crippen molar-refractivity contribution >= 4 is 28.9 Å². The largest absolute Gasteiger partial charge is 0.496 e. The SMILES string of the molecule is COc1cc(OC)c(C=CC(=O)C2=CCC(=S)C=C2)cc1C. The number of ether oxygens (including phenoxy) is 2. The molecule has 4 heteroatoms. The zero-order chi connectivity index (χ0) is 16.1. The average molecular weight is 314 g/mol. The lowest BCUT2D eigenvalue weighted by Crippen LogP contribution is -2.02. The fourth-order valence-electron chi connectivity index (χ4n) is 2.19. The first-order valence-corrected chi connectivity index (χ1v) is 7.32. The van der Waals surface area contributed by atoms with Gasteiger partial charge in [-0.25, -0.2) is 0 Å². The van der Waals surface area contributed by atoms with Gasteiger partial charge in [-0.1, -0.05) is 24.4 Å². The van der Waals surface area contributed by atoms with E-state index in [4.69, 9.17) is 21.7 Å². The van der Waals surface area contributed by atoms with E-state index < -0.39 is 0 Å². The molecule has 0 aliphatic heterocycles. The standard InChI is InChI=1S/C18H18O3S/c1-12-10-14(18(21-3)11-17(12)20-2)6-9-16(19)13-4-7-15(22)8-5-13/h4-7,9-11H,8H2,1-3H3. The summed E-state index contributed by atoms with van der Waals surface area (Å²) in [5, 5.41) is 0. The van der Waals surface area contributed by atoms with E-state index in [1.807, 2.05) is 25.1 Å². The van der Waals surface area contributed by atoms with Gasteiger partial charge in [0, 0.05) is 28.5 Å². The van der Waals surface area contributed by atoms with Crippen LogP contribution in [0.25, 0.3) is 6.08 Å². The van der Waals surface area contributed by atoms with Crippen LogP contribution in [-0.4, -0.2) is 24.9 Å². The van der Waals surface area contributed by atoms with Crippen molar-refractivity contribution in [3.8, 4) is 11.5 Å². The van der Waals surface area contributed by atoms with Gasteiger partial charge in [0.2, 0.25) is 0 Å². The highest BCUT2D eigenvalue weighted by molar-refractivity contribution is 7.80. The normalized spacial score (nSPS) is 14.1. The molecule has 0 unspecified atom stereocenters. The van der Waals surface area contributed by atoms with Crippen molar-refractivity contribution in [3.05, 3.63) is 53.1 Å². The Balaban J connectivity index is 2.23. The molecule has 0 saturated heterocycles. The second-order valence-electron chi connectivity index (χ2n) is 4.92. The zero-order valence-electron chi connectivity index (χ0n) is 12.9. The van der Waals surface area contributed by atoms with Gasteiger partial charge in [0.15, 0.2) is 5.78 Å². The molecule has 0 saturated carbocycles. The average Bonchev–Trinajstić information content (AvgIpc) is 2.53. The molecule has 0 fully saturated rings. The van der Waals surface area contributed by atoms with Crippen molar-refractivity contribution in [1.82, 2.24) is 0 Å². The molecule has 0 atom stereocenters. The highest BCUT2D eigenvalue weighted by atomic mass is 32.1. The molecular formula is C18H18O3S. The van der Waals surface area contributed by atoms with E-state index in [1.54, 1.807) is 38.5 Å². The molecule has 22 heavy (non-hydrogen) atoms. The van der Waals surface area contributed by atoms with Gasteiger partial charge in [-0.3, -0.25) is 4.79 Å². The molecule has 0 aromatic heterocycles. The van der Waals surface area contributed by atoms with E-state index in [0.717, 1.165) is 21.7 Å². The number of hydrogen-bond acceptors (Lipinski definition) is 4. The second-order valence-corrected chi connectivity index (χ2v) is 5.45. The Labute approximate surface area is 135 Å². The number of carbonyl (C=O) groups excluding carboxylic acids is 1. The number of allylic oxidation sites excluding steroid dienone is 5. The van der Waals surface area contributed by atoms with E-state index in [2.05, 4.69) is 0 Å². The van der Waals surface area contributed by atoms with Crippen LogP contribution in [0.5, 0.6) is 11.5 Å². The van der Waals surface area contributed by atoms with Crippen molar-refractivity contribution < 1.29 is 14.3 Å². The monoisotopic (exact) mass is 314 g/mol. The third-order valence-corrected chi connectivity index (χ3v) is 3.72. The summed E-state index contributed by atoms with van der Waals surface area (Å²) in [6.07, 6.45) is 9.37. The number of hydrogen-bond donors (Lipinski definition) is 0. The molecule has 114 valence electrons. The van der Waals surface area contributed by atoms with Gasteiger partial charge in [0.05, 0.1) is 14.2 Å². The predicted molar refractivity (Wildman–Crippen MR) is 92.8 cm³/mol. The van der Waals surface area contributed by atoms with Crippen molar-refractivity contribution in [2.24, 2.45) is 0 Å². The van der Waals surface area contributed by atoms with E-state index in [-0.39, 0.29) is 5.78 Å². The first-order valence-electron chi connectivity index (χ1n) is 6.91. The van der Waals surface area contributed by atoms with Crippen molar-refractivity contribution in [3.63, 3.8) is 0 Å². The number of benzene rings is 1. The molecule has 0 amide bonds. The minimum absolute atomic E-state index is 0.0470. The van der Waals surface area contributed by atoms with Crippen LogP contribution in [0.4, 0.5) is 0 Å². The van der Waals surface area contributed by atoms with Gasteiger partial charge in [-0.15, -0.1) is 0 Å². The van der Waals surface area contributed by atoms with Gasteiger partial charge in [0.25, 0.3) is 0 Å². The Hall–Kier alpha value is -2.20. The third kappa shape index (κ3) is 3.71. The first-order chi connectivity index (χ1) is 10.5. The molecule has 2 rings (SSSR count). The second kappa shape index (κ2) is 7.18. The third-order valence-electron chi connectivity index (χ3n) is 3.42. The lowest BCUT2D eigenvalue weighted by molar-refractivity contribution is -0.111. The van der Waals surface area contributed by atoms with Crippen LogP contribution in [0.15, 0.2) is 42.0 Å². The van der Waals surface area contributed by atoms with Crippen LogP contribution >= 0.6 is 12.2 Å². The summed E-state index contributed by atoms with van der Waals surface area (Å²) in [5.41, 5.74) is 2.48. The molecule has 3 nitrogen and oxygen atoms in total. The minimum Gasteiger partial charge on any atom is -0.496 e. The maximum atomic E-state index is 12.2. The van der Waals surface area contributed by atoms with Crippen molar-refractivity contribution in [2.45, 2.75) is 13.3 Å². The van der Waals surface area contributed by atoms with Gasteiger partial charge in [0.1, 0.15) is 11.5 Å². The van der Waals surface area contributed by atoms with Crippen LogP contribution in [0.2, 0.25) is 0 Å². The number of methoxy groups -OCH3 is 2. The maximum Gasteiger partial charge on any atom is 0.185 e. The number of ketones is 1. The summed E-state index contributed by atoms with van der Waals surface area (Å²) in [6.45, 7) is 1.95. The lowest BCUT2D eigenvalue weighted by Gasteiger charge is -2.10.